The van der Waals surface area contributed by atoms with Gasteiger partial charge in [-0.15, -0.1) is 0 Å². The lowest BCUT2D eigenvalue weighted by Crippen LogP contribution is -2.15. The predicted molar refractivity (Wildman–Crippen MR) is 145 cm³/mol. The smallest absolute Gasteiger partial charge is 0.324 e. The van der Waals surface area contributed by atoms with Crippen molar-refractivity contribution in [2.24, 2.45) is 4.99 Å². The van der Waals surface area contributed by atoms with Gasteiger partial charge in [0.25, 0.3) is 5.91 Å². The number of halogens is 4. The van der Waals surface area contributed by atoms with Gasteiger partial charge in [-0.3, -0.25) is 14.8 Å². The van der Waals surface area contributed by atoms with Gasteiger partial charge in [-0.2, -0.15) is 13.2 Å². The molecule has 40 heavy (non-hydrogen) atoms. The van der Waals surface area contributed by atoms with Gasteiger partial charge in [0.1, 0.15) is 5.82 Å². The van der Waals surface area contributed by atoms with Gasteiger partial charge in [-0.25, -0.2) is 4.39 Å². The van der Waals surface area contributed by atoms with Gasteiger partial charge < -0.3 is 9.88 Å². The number of pyridine rings is 1. The van der Waals surface area contributed by atoms with E-state index in [1.807, 2.05) is 13.8 Å². The van der Waals surface area contributed by atoms with Crippen LogP contribution in [0.2, 0.25) is 0 Å². The Bertz CT molecular complexity index is 1740. The molecule has 2 aromatic carbocycles. The van der Waals surface area contributed by atoms with Crippen molar-refractivity contribution in [1.29, 1.82) is 0 Å². The quantitative estimate of drug-likeness (QED) is 0.221. The number of benzene rings is 2. The summed E-state index contributed by atoms with van der Waals surface area (Å²) in [4.78, 5) is 21.7. The van der Waals surface area contributed by atoms with Crippen LogP contribution in [0.25, 0.3) is 5.69 Å². The van der Waals surface area contributed by atoms with E-state index in [2.05, 4.69) is 27.1 Å². The molecule has 0 saturated carbocycles. The van der Waals surface area contributed by atoms with Crippen LogP contribution in [0.3, 0.4) is 0 Å². The molecule has 1 N–H and O–H groups in total. The summed E-state index contributed by atoms with van der Waals surface area (Å²) in [6.07, 6.45) is 2.72. The number of nitrogens with zero attached hydrogens (tertiary/aromatic N) is 3. The number of hydrogen-bond donors (Lipinski definition) is 1. The summed E-state index contributed by atoms with van der Waals surface area (Å²) in [5, 5.41) is 2.55. The second-order valence-electron chi connectivity index (χ2n) is 9.42. The first-order valence-electron chi connectivity index (χ1n) is 12.2. The number of aryl methyl sites for hydroxylation is 1. The molecule has 0 atom stereocenters. The lowest BCUT2D eigenvalue weighted by Gasteiger charge is -2.13. The van der Waals surface area contributed by atoms with Crippen molar-refractivity contribution >= 4 is 17.3 Å². The molecular formula is C31H22F4N4O. The van der Waals surface area contributed by atoms with E-state index in [0.29, 0.717) is 5.56 Å². The number of aliphatic imine (C=N–C) groups is 1. The zero-order valence-corrected chi connectivity index (χ0v) is 21.5. The first-order valence-corrected chi connectivity index (χ1v) is 12.2. The van der Waals surface area contributed by atoms with Gasteiger partial charge in [0, 0.05) is 53.7 Å². The Morgan fingerprint density at radius 3 is 2.50 bits per heavy atom. The van der Waals surface area contributed by atoms with Crippen molar-refractivity contribution in [3.63, 3.8) is 0 Å². The molecule has 1 aliphatic heterocycles. The van der Waals surface area contributed by atoms with Crippen molar-refractivity contribution in [3.05, 3.63) is 124 Å². The van der Waals surface area contributed by atoms with E-state index in [1.54, 1.807) is 43.0 Å². The minimum atomic E-state index is -4.65. The van der Waals surface area contributed by atoms with Crippen LogP contribution in [-0.2, 0) is 6.18 Å². The molecule has 5 rings (SSSR count). The number of carbonyl (C=O) groups is 1. The van der Waals surface area contributed by atoms with Gasteiger partial charge in [-0.1, -0.05) is 11.8 Å². The molecule has 200 valence electrons. The third-order valence-electron chi connectivity index (χ3n) is 6.16. The number of nitrogens with one attached hydrogen (secondary N) is 1. The van der Waals surface area contributed by atoms with E-state index in [9.17, 15) is 22.4 Å². The number of aromatic nitrogens is 2. The highest BCUT2D eigenvalue weighted by Crippen LogP contribution is 2.32. The molecule has 1 amide bonds. The molecule has 0 unspecified atom stereocenters. The Kier molecular flexibility index (Phi) is 7.09. The van der Waals surface area contributed by atoms with Crippen LogP contribution in [0, 0.1) is 24.6 Å². The number of allylic oxidation sites excluding steroid dienone is 1. The number of rotatable bonds is 4. The van der Waals surface area contributed by atoms with Crippen molar-refractivity contribution < 1.29 is 22.4 Å². The monoisotopic (exact) mass is 542 g/mol. The molecule has 5 nitrogen and oxygen atoms in total. The minimum absolute atomic E-state index is 0.00872. The average Bonchev–Trinajstić information content (AvgIpc) is 3.56. The molecule has 3 heterocycles. The van der Waals surface area contributed by atoms with Gasteiger partial charge in [-0.05, 0) is 79.6 Å². The van der Waals surface area contributed by atoms with Crippen LogP contribution in [0.5, 0.6) is 0 Å². The van der Waals surface area contributed by atoms with Gasteiger partial charge in [0.05, 0.1) is 22.5 Å². The molecule has 0 aliphatic carbocycles. The lowest BCUT2D eigenvalue weighted by molar-refractivity contribution is -0.137. The first-order chi connectivity index (χ1) is 19.0. The molecule has 1 aliphatic rings. The maximum Gasteiger partial charge on any atom is 0.416 e. The van der Waals surface area contributed by atoms with E-state index in [1.165, 1.54) is 22.8 Å². The standard InChI is InChI=1S/C31H22F4N4O/c1-19-9-10-39(18-19)26-14-23(12-24(15-26)31(33,34)35)30(40)38-25-6-7-27(32)22(13-25)5-3-21-4-8-28(37-17-21)29-11-20(2)16-36-29/h4,6-10,12-18H,11H2,1-2H3,(H,38,40). The van der Waals surface area contributed by atoms with Gasteiger partial charge in [0.2, 0.25) is 0 Å². The van der Waals surface area contributed by atoms with Crippen LogP contribution >= 0.6 is 0 Å². The van der Waals surface area contributed by atoms with Crippen molar-refractivity contribution in [2.75, 3.05) is 5.32 Å². The Morgan fingerprint density at radius 2 is 1.85 bits per heavy atom. The predicted octanol–water partition coefficient (Wildman–Crippen LogP) is 7.09. The summed E-state index contributed by atoms with van der Waals surface area (Å²) >= 11 is 0. The normalized spacial score (nSPS) is 12.8. The first kappa shape index (κ1) is 26.6. The molecule has 0 radical (unpaired) electrons. The Hall–Kier alpha value is -4.97. The number of amides is 1. The highest BCUT2D eigenvalue weighted by molar-refractivity contribution is 6.05. The number of anilines is 1. The fourth-order valence-electron chi connectivity index (χ4n) is 4.10. The van der Waals surface area contributed by atoms with Crippen molar-refractivity contribution in [2.45, 2.75) is 26.4 Å². The van der Waals surface area contributed by atoms with E-state index in [-0.39, 0.29) is 22.5 Å². The van der Waals surface area contributed by atoms with Crippen LogP contribution in [0.15, 0.2) is 90.0 Å². The summed E-state index contributed by atoms with van der Waals surface area (Å²) in [6, 6.07) is 12.2. The maximum atomic E-state index is 14.5. The van der Waals surface area contributed by atoms with Crippen molar-refractivity contribution in [1.82, 2.24) is 9.55 Å². The lowest BCUT2D eigenvalue weighted by atomic mass is 10.1. The summed E-state index contributed by atoms with van der Waals surface area (Å²) in [6.45, 7) is 3.80. The maximum absolute atomic E-state index is 14.5. The summed E-state index contributed by atoms with van der Waals surface area (Å²) in [5.74, 6) is 4.19. The molecule has 0 spiro atoms. The Labute approximate surface area is 227 Å². The third kappa shape index (κ3) is 6.02. The average molecular weight is 543 g/mol. The fraction of sp³-hybridized carbons (Fsp3) is 0.129. The molecule has 9 heteroatoms. The largest absolute Gasteiger partial charge is 0.416 e. The third-order valence-corrected chi connectivity index (χ3v) is 6.16. The van der Waals surface area contributed by atoms with E-state index in [4.69, 9.17) is 0 Å². The zero-order chi connectivity index (χ0) is 28.4. The van der Waals surface area contributed by atoms with E-state index < -0.39 is 23.5 Å². The summed E-state index contributed by atoms with van der Waals surface area (Å²) < 4.78 is 56.8. The Morgan fingerprint density at radius 1 is 1.02 bits per heavy atom. The van der Waals surface area contributed by atoms with Crippen molar-refractivity contribution in [3.8, 4) is 17.5 Å². The highest BCUT2D eigenvalue weighted by atomic mass is 19.4. The van der Waals surface area contributed by atoms with Crippen LogP contribution in [0.1, 0.15) is 51.7 Å². The molecule has 2 aromatic heterocycles. The summed E-state index contributed by atoms with van der Waals surface area (Å²) in [7, 11) is 0. The van der Waals surface area contributed by atoms with Gasteiger partial charge in [0.15, 0.2) is 0 Å². The SMILES string of the molecule is CC1=CN=C(c2ccc(C#Cc3cc(NC(=O)c4cc(-n5ccc(C)c5)cc(C(F)(F)F)c4)ccc3F)cn2)C1. The van der Waals surface area contributed by atoms with Gasteiger partial charge >= 0.3 is 6.18 Å². The van der Waals surface area contributed by atoms with Crippen LogP contribution in [0.4, 0.5) is 23.2 Å². The molecule has 0 saturated heterocycles. The number of hydrogen-bond acceptors (Lipinski definition) is 3. The Balaban J connectivity index is 1.37. The van der Waals surface area contributed by atoms with E-state index in [0.717, 1.165) is 47.2 Å². The number of alkyl halides is 3. The zero-order valence-electron chi connectivity index (χ0n) is 21.5. The van der Waals surface area contributed by atoms with E-state index >= 15 is 0 Å². The molecule has 0 fully saturated rings. The molecule has 4 aromatic rings. The minimum Gasteiger partial charge on any atom is -0.324 e. The molecular weight excluding hydrogens is 520 g/mol. The fourth-order valence-corrected chi connectivity index (χ4v) is 4.10. The second-order valence-corrected chi connectivity index (χ2v) is 9.42. The van der Waals surface area contributed by atoms with Crippen LogP contribution < -0.4 is 5.32 Å². The second kappa shape index (κ2) is 10.7. The summed E-state index contributed by atoms with van der Waals surface area (Å²) in [5.41, 5.74) is 3.37. The van der Waals surface area contributed by atoms with Crippen LogP contribution in [-0.4, -0.2) is 21.2 Å². The highest BCUT2D eigenvalue weighted by Gasteiger charge is 2.32. The topological polar surface area (TPSA) is 59.3 Å². The number of carbonyl (C=O) groups excluding carboxylic acids is 1. The molecule has 0 bridgehead atoms.